The molecule has 3 rings (SSSR count). The van der Waals surface area contributed by atoms with Crippen LogP contribution in [0.25, 0.3) is 5.00 Å². The highest BCUT2D eigenvalue weighted by Gasteiger charge is 2.32. The van der Waals surface area contributed by atoms with Crippen molar-refractivity contribution in [2.24, 2.45) is 11.1 Å². The smallest absolute Gasteiger partial charge is 0.140 e. The van der Waals surface area contributed by atoms with E-state index in [1.807, 2.05) is 0 Å². The lowest BCUT2D eigenvalue weighted by molar-refractivity contribution is 0.278. The fraction of sp³-hybridized carbons (Fsp3) is 0.500. The Morgan fingerprint density at radius 3 is 3.06 bits per heavy atom. The Labute approximate surface area is 105 Å². The standard InChI is InChI=1S/C12H16N4S/c1-12(2)5-9(13)8-3-4-16(10(8)6-12)11-7-14-15-17-11/h3-4,7,9H,5-6,13H2,1-2H3. The average molecular weight is 248 g/mol. The summed E-state index contributed by atoms with van der Waals surface area (Å²) in [6.07, 6.45) is 5.99. The summed E-state index contributed by atoms with van der Waals surface area (Å²) in [6.45, 7) is 4.55. The molecule has 0 saturated heterocycles. The summed E-state index contributed by atoms with van der Waals surface area (Å²) in [7, 11) is 0. The minimum Gasteiger partial charge on any atom is -0.324 e. The number of rotatable bonds is 1. The van der Waals surface area contributed by atoms with E-state index in [2.05, 4.69) is 40.3 Å². The minimum absolute atomic E-state index is 0.149. The fourth-order valence-corrected chi connectivity index (χ4v) is 3.24. The lowest BCUT2D eigenvalue weighted by atomic mass is 9.75. The number of fused-ring (bicyclic) bond motifs is 1. The summed E-state index contributed by atoms with van der Waals surface area (Å²) in [5.41, 5.74) is 9.11. The van der Waals surface area contributed by atoms with Crippen LogP contribution in [-0.2, 0) is 6.42 Å². The van der Waals surface area contributed by atoms with Crippen molar-refractivity contribution in [3.05, 3.63) is 29.7 Å². The van der Waals surface area contributed by atoms with Crippen LogP contribution in [0.2, 0.25) is 0 Å². The van der Waals surface area contributed by atoms with Gasteiger partial charge in [0, 0.05) is 29.5 Å². The molecule has 0 spiro atoms. The molecule has 0 aromatic carbocycles. The Morgan fingerprint density at radius 1 is 1.53 bits per heavy atom. The zero-order valence-electron chi connectivity index (χ0n) is 10.1. The predicted octanol–water partition coefficient (Wildman–Crippen LogP) is 2.30. The quantitative estimate of drug-likeness (QED) is 0.842. The van der Waals surface area contributed by atoms with Crippen molar-refractivity contribution in [3.63, 3.8) is 0 Å². The van der Waals surface area contributed by atoms with Gasteiger partial charge in [-0.15, -0.1) is 5.10 Å². The summed E-state index contributed by atoms with van der Waals surface area (Å²) in [6, 6.07) is 2.28. The molecule has 5 heteroatoms. The normalized spacial score (nSPS) is 22.4. The monoisotopic (exact) mass is 248 g/mol. The molecule has 0 bridgehead atoms. The molecule has 1 unspecified atom stereocenters. The van der Waals surface area contributed by atoms with Gasteiger partial charge in [-0.2, -0.15) is 0 Å². The van der Waals surface area contributed by atoms with E-state index in [0.29, 0.717) is 0 Å². The van der Waals surface area contributed by atoms with Gasteiger partial charge in [0.05, 0.1) is 6.20 Å². The summed E-state index contributed by atoms with van der Waals surface area (Å²) in [5.74, 6) is 0. The summed E-state index contributed by atoms with van der Waals surface area (Å²) < 4.78 is 6.10. The molecule has 0 radical (unpaired) electrons. The Kier molecular flexibility index (Phi) is 2.34. The number of hydrogen-bond donors (Lipinski definition) is 1. The highest BCUT2D eigenvalue weighted by atomic mass is 32.1. The van der Waals surface area contributed by atoms with Crippen molar-refractivity contribution in [2.45, 2.75) is 32.7 Å². The van der Waals surface area contributed by atoms with Crippen LogP contribution in [0.5, 0.6) is 0 Å². The zero-order chi connectivity index (χ0) is 12.0. The average Bonchev–Trinajstić information content (AvgIpc) is 2.82. The van der Waals surface area contributed by atoms with Crippen LogP contribution in [0, 0.1) is 5.41 Å². The molecule has 1 aliphatic rings. The first kappa shape index (κ1) is 10.9. The maximum Gasteiger partial charge on any atom is 0.140 e. The maximum absolute atomic E-state index is 6.25. The topological polar surface area (TPSA) is 56.7 Å². The first-order valence-electron chi connectivity index (χ1n) is 5.80. The van der Waals surface area contributed by atoms with Crippen molar-refractivity contribution in [1.82, 2.24) is 14.2 Å². The largest absolute Gasteiger partial charge is 0.324 e. The van der Waals surface area contributed by atoms with Crippen LogP contribution in [0.1, 0.15) is 37.6 Å². The van der Waals surface area contributed by atoms with Gasteiger partial charge < -0.3 is 10.3 Å². The van der Waals surface area contributed by atoms with Crippen LogP contribution >= 0.6 is 11.5 Å². The van der Waals surface area contributed by atoms with Crippen LogP contribution < -0.4 is 5.73 Å². The fourth-order valence-electron chi connectivity index (χ4n) is 2.71. The molecule has 90 valence electrons. The Hall–Kier alpha value is -1.20. The first-order valence-corrected chi connectivity index (χ1v) is 6.58. The van der Waals surface area contributed by atoms with Gasteiger partial charge >= 0.3 is 0 Å². The molecule has 2 N–H and O–H groups in total. The van der Waals surface area contributed by atoms with Crippen LogP contribution in [-0.4, -0.2) is 14.2 Å². The number of nitrogens with zero attached hydrogens (tertiary/aromatic N) is 3. The van der Waals surface area contributed by atoms with Gasteiger partial charge in [-0.25, -0.2) is 0 Å². The molecule has 0 aliphatic heterocycles. The van der Waals surface area contributed by atoms with Gasteiger partial charge in [0.1, 0.15) is 5.00 Å². The second-order valence-electron chi connectivity index (χ2n) is 5.50. The predicted molar refractivity (Wildman–Crippen MR) is 68.3 cm³/mol. The van der Waals surface area contributed by atoms with Crippen molar-refractivity contribution >= 4 is 11.5 Å². The van der Waals surface area contributed by atoms with Gasteiger partial charge in [0.2, 0.25) is 0 Å². The third-order valence-electron chi connectivity index (χ3n) is 3.43. The van der Waals surface area contributed by atoms with Crippen LogP contribution in [0.15, 0.2) is 18.5 Å². The molecule has 1 aliphatic carbocycles. The number of nitrogens with two attached hydrogens (primary N) is 1. The van der Waals surface area contributed by atoms with Crippen LogP contribution in [0.3, 0.4) is 0 Å². The molecule has 2 aromatic heterocycles. The maximum atomic E-state index is 6.25. The van der Waals surface area contributed by atoms with Gasteiger partial charge in [-0.3, -0.25) is 0 Å². The number of hydrogen-bond acceptors (Lipinski definition) is 4. The van der Waals surface area contributed by atoms with Gasteiger partial charge in [-0.05, 0) is 29.9 Å². The third-order valence-corrected chi connectivity index (χ3v) is 4.10. The Balaban J connectivity index is 2.11. The highest BCUT2D eigenvalue weighted by Crippen LogP contribution is 2.40. The first-order chi connectivity index (χ1) is 8.07. The van der Waals surface area contributed by atoms with Gasteiger partial charge in [-0.1, -0.05) is 18.3 Å². The van der Waals surface area contributed by atoms with E-state index in [1.165, 1.54) is 22.8 Å². The van der Waals surface area contributed by atoms with E-state index in [-0.39, 0.29) is 11.5 Å². The number of aromatic nitrogens is 3. The summed E-state index contributed by atoms with van der Waals surface area (Å²) >= 11 is 1.42. The van der Waals surface area contributed by atoms with Crippen molar-refractivity contribution in [1.29, 1.82) is 0 Å². The lowest BCUT2D eigenvalue weighted by Gasteiger charge is -2.34. The summed E-state index contributed by atoms with van der Waals surface area (Å²) in [5, 5.41) is 4.96. The van der Waals surface area contributed by atoms with E-state index >= 15 is 0 Å². The van der Waals surface area contributed by atoms with E-state index in [9.17, 15) is 0 Å². The van der Waals surface area contributed by atoms with E-state index in [4.69, 9.17) is 5.73 Å². The Morgan fingerprint density at radius 2 is 2.35 bits per heavy atom. The highest BCUT2D eigenvalue weighted by molar-refractivity contribution is 7.08. The molecule has 1 atom stereocenters. The second-order valence-corrected chi connectivity index (χ2v) is 6.26. The molecule has 4 nitrogen and oxygen atoms in total. The van der Waals surface area contributed by atoms with E-state index < -0.39 is 0 Å². The molecule has 0 amide bonds. The third kappa shape index (κ3) is 1.79. The van der Waals surface area contributed by atoms with E-state index in [1.54, 1.807) is 6.20 Å². The summed E-state index contributed by atoms with van der Waals surface area (Å²) in [4.78, 5) is 0. The van der Waals surface area contributed by atoms with Gasteiger partial charge in [0.25, 0.3) is 0 Å². The SMILES string of the molecule is CC1(C)Cc2c(ccn2-c2cnns2)C(N)C1. The van der Waals surface area contributed by atoms with Crippen molar-refractivity contribution < 1.29 is 0 Å². The minimum atomic E-state index is 0.149. The lowest BCUT2D eigenvalue weighted by Crippen LogP contribution is -2.30. The Bertz CT molecular complexity index is 527. The van der Waals surface area contributed by atoms with E-state index in [0.717, 1.165) is 17.8 Å². The second kappa shape index (κ2) is 3.65. The molecule has 0 saturated carbocycles. The molecule has 2 aromatic rings. The molecule has 17 heavy (non-hydrogen) atoms. The zero-order valence-corrected chi connectivity index (χ0v) is 10.9. The van der Waals surface area contributed by atoms with Gasteiger partial charge in [0.15, 0.2) is 0 Å². The molecule has 2 heterocycles. The molecular formula is C12H16N4S. The molecular weight excluding hydrogens is 232 g/mol. The molecule has 0 fully saturated rings. The van der Waals surface area contributed by atoms with Crippen LogP contribution in [0.4, 0.5) is 0 Å². The van der Waals surface area contributed by atoms with Crippen molar-refractivity contribution in [2.75, 3.05) is 0 Å². The van der Waals surface area contributed by atoms with Crippen molar-refractivity contribution in [3.8, 4) is 5.00 Å².